The molecule has 2 aromatic rings. The number of carbonyl (C=O) groups excluding carboxylic acids is 2. The van der Waals surface area contributed by atoms with Gasteiger partial charge in [0.25, 0.3) is 0 Å². The Bertz CT molecular complexity index is 1160. The summed E-state index contributed by atoms with van der Waals surface area (Å²) in [5, 5.41) is 3.65. The fraction of sp³-hybridized carbons (Fsp3) is 0.500. The molecule has 0 bridgehead atoms. The van der Waals surface area contributed by atoms with Crippen molar-refractivity contribution < 1.29 is 18.0 Å². The molecule has 7 nitrogen and oxygen atoms in total. The number of hydrogen-bond donors (Lipinski definition) is 1. The lowest BCUT2D eigenvalue weighted by atomic mass is 10.1. The third-order valence-electron chi connectivity index (χ3n) is 6.90. The number of carbonyl (C=O) groups is 2. The molecule has 0 aliphatic heterocycles. The van der Waals surface area contributed by atoms with Crippen molar-refractivity contribution in [1.29, 1.82) is 0 Å². The molecule has 3 rings (SSSR count). The molecule has 202 valence electrons. The first-order chi connectivity index (χ1) is 17.6. The van der Waals surface area contributed by atoms with E-state index in [0.29, 0.717) is 17.1 Å². The number of nitrogens with zero attached hydrogens (tertiary/aromatic N) is 2. The van der Waals surface area contributed by atoms with Gasteiger partial charge >= 0.3 is 0 Å². The van der Waals surface area contributed by atoms with Crippen molar-refractivity contribution in [3.8, 4) is 0 Å². The maximum absolute atomic E-state index is 13.4. The smallest absolute Gasteiger partial charge is 0.242 e. The van der Waals surface area contributed by atoms with Crippen LogP contribution >= 0.6 is 11.6 Å². The Morgan fingerprint density at radius 3 is 2.35 bits per heavy atom. The second-order valence-electron chi connectivity index (χ2n) is 9.78. The van der Waals surface area contributed by atoms with Crippen molar-refractivity contribution in [2.45, 2.75) is 77.4 Å². The molecular formula is C28H38ClN3O4S. The number of hydrogen-bond acceptors (Lipinski definition) is 4. The van der Waals surface area contributed by atoms with E-state index in [0.717, 1.165) is 43.2 Å². The van der Waals surface area contributed by atoms with Gasteiger partial charge < -0.3 is 10.2 Å². The zero-order valence-corrected chi connectivity index (χ0v) is 23.5. The van der Waals surface area contributed by atoms with Gasteiger partial charge in [0.05, 0.1) is 11.9 Å². The first kappa shape index (κ1) is 29.0. The van der Waals surface area contributed by atoms with E-state index in [9.17, 15) is 18.0 Å². The largest absolute Gasteiger partial charge is 0.352 e. The highest BCUT2D eigenvalue weighted by molar-refractivity contribution is 7.92. The molecule has 0 heterocycles. The van der Waals surface area contributed by atoms with Crippen LogP contribution in [0.1, 0.15) is 63.5 Å². The lowest BCUT2D eigenvalue weighted by Crippen LogP contribution is -2.49. The van der Waals surface area contributed by atoms with Crippen LogP contribution in [0, 0.1) is 0 Å². The minimum atomic E-state index is -3.52. The molecule has 1 atom stereocenters. The van der Waals surface area contributed by atoms with Crippen LogP contribution in [0.3, 0.4) is 0 Å². The van der Waals surface area contributed by atoms with E-state index < -0.39 is 16.1 Å². The molecule has 0 spiro atoms. The quantitative estimate of drug-likeness (QED) is 0.408. The van der Waals surface area contributed by atoms with Crippen molar-refractivity contribution in [3.05, 3.63) is 64.7 Å². The third-order valence-corrected chi connectivity index (χ3v) is 8.32. The van der Waals surface area contributed by atoms with Crippen LogP contribution in [-0.4, -0.2) is 50.0 Å². The average Bonchev–Trinajstić information content (AvgIpc) is 3.37. The topological polar surface area (TPSA) is 86.8 Å². The summed E-state index contributed by atoms with van der Waals surface area (Å²) in [6.45, 7) is 4.20. The van der Waals surface area contributed by atoms with E-state index in [1.807, 2.05) is 31.2 Å². The summed E-state index contributed by atoms with van der Waals surface area (Å²) in [5.74, 6) is -0.375. The zero-order valence-electron chi connectivity index (χ0n) is 22.0. The van der Waals surface area contributed by atoms with Gasteiger partial charge in [0.15, 0.2) is 0 Å². The van der Waals surface area contributed by atoms with E-state index in [-0.39, 0.29) is 37.4 Å². The molecule has 0 radical (unpaired) electrons. The van der Waals surface area contributed by atoms with Crippen LogP contribution in [0.2, 0.25) is 5.02 Å². The van der Waals surface area contributed by atoms with Gasteiger partial charge in [-0.1, -0.05) is 55.6 Å². The molecule has 0 aromatic heterocycles. The molecule has 1 fully saturated rings. The molecular weight excluding hydrogens is 510 g/mol. The minimum absolute atomic E-state index is 0.112. The van der Waals surface area contributed by atoms with Crippen molar-refractivity contribution >= 4 is 39.1 Å². The number of rotatable bonds is 12. The van der Waals surface area contributed by atoms with Crippen LogP contribution in [0.4, 0.5) is 5.69 Å². The number of anilines is 1. The molecule has 1 saturated carbocycles. The normalized spacial score (nSPS) is 14.8. The number of sulfonamides is 1. The lowest BCUT2D eigenvalue weighted by Gasteiger charge is -2.30. The summed E-state index contributed by atoms with van der Waals surface area (Å²) in [6.07, 6.45) is 6.59. The summed E-state index contributed by atoms with van der Waals surface area (Å²) < 4.78 is 26.3. The summed E-state index contributed by atoms with van der Waals surface area (Å²) in [4.78, 5) is 28.0. The number of aryl methyl sites for hydroxylation is 1. The predicted octanol–water partition coefficient (Wildman–Crippen LogP) is 4.92. The van der Waals surface area contributed by atoms with Gasteiger partial charge in [-0.2, -0.15) is 0 Å². The van der Waals surface area contributed by atoms with Crippen LogP contribution in [0.25, 0.3) is 0 Å². The van der Waals surface area contributed by atoms with Gasteiger partial charge in [-0.05, 0) is 68.0 Å². The summed E-state index contributed by atoms with van der Waals surface area (Å²) in [6, 6.07) is 14.1. The van der Waals surface area contributed by atoms with Gasteiger partial charge in [0.1, 0.15) is 6.04 Å². The Morgan fingerprint density at radius 1 is 1.08 bits per heavy atom. The monoisotopic (exact) mass is 547 g/mol. The fourth-order valence-corrected chi connectivity index (χ4v) is 5.89. The Kier molecular flexibility index (Phi) is 10.4. The van der Waals surface area contributed by atoms with Crippen LogP contribution < -0.4 is 9.62 Å². The Morgan fingerprint density at radius 2 is 1.76 bits per heavy atom. The van der Waals surface area contributed by atoms with Gasteiger partial charge in [0, 0.05) is 30.6 Å². The van der Waals surface area contributed by atoms with E-state index in [1.165, 1.54) is 10.6 Å². The van der Waals surface area contributed by atoms with Crippen molar-refractivity contribution in [2.75, 3.05) is 17.1 Å². The van der Waals surface area contributed by atoms with Gasteiger partial charge in [-0.3, -0.25) is 13.9 Å². The molecule has 1 N–H and O–H groups in total. The minimum Gasteiger partial charge on any atom is -0.352 e. The Hall–Kier alpha value is -2.58. The summed E-state index contributed by atoms with van der Waals surface area (Å²) in [7, 11) is -3.52. The van der Waals surface area contributed by atoms with E-state index in [4.69, 9.17) is 11.6 Å². The Labute approximate surface area is 226 Å². The van der Waals surface area contributed by atoms with Gasteiger partial charge in [-0.15, -0.1) is 0 Å². The number of halogens is 1. The van der Waals surface area contributed by atoms with Gasteiger partial charge in [-0.25, -0.2) is 8.42 Å². The van der Waals surface area contributed by atoms with E-state index >= 15 is 0 Å². The molecule has 1 aliphatic rings. The highest BCUT2D eigenvalue weighted by atomic mass is 35.5. The first-order valence-corrected chi connectivity index (χ1v) is 15.2. The predicted molar refractivity (Wildman–Crippen MR) is 149 cm³/mol. The molecule has 2 amide bonds. The van der Waals surface area contributed by atoms with Crippen molar-refractivity contribution in [3.63, 3.8) is 0 Å². The van der Waals surface area contributed by atoms with Gasteiger partial charge in [0.2, 0.25) is 21.8 Å². The Balaban J connectivity index is 1.71. The van der Waals surface area contributed by atoms with Crippen LogP contribution in [0.5, 0.6) is 0 Å². The SMILES string of the molecule is CCc1ccc(N(CCCC(=O)N(Cc2cccc(Cl)c2)[C@@H](C)C(=O)NC2CCCC2)S(C)(=O)=O)cc1. The van der Waals surface area contributed by atoms with Crippen molar-refractivity contribution in [1.82, 2.24) is 10.2 Å². The first-order valence-electron chi connectivity index (χ1n) is 13.0. The van der Waals surface area contributed by atoms with E-state index in [2.05, 4.69) is 5.32 Å². The molecule has 1 aliphatic carbocycles. The lowest BCUT2D eigenvalue weighted by molar-refractivity contribution is -0.141. The highest BCUT2D eigenvalue weighted by Crippen LogP contribution is 2.22. The highest BCUT2D eigenvalue weighted by Gasteiger charge is 2.28. The zero-order chi connectivity index (χ0) is 27.0. The average molecular weight is 548 g/mol. The van der Waals surface area contributed by atoms with E-state index in [1.54, 1.807) is 36.1 Å². The van der Waals surface area contributed by atoms with Crippen LogP contribution in [-0.2, 0) is 32.6 Å². The maximum Gasteiger partial charge on any atom is 0.242 e. The molecule has 37 heavy (non-hydrogen) atoms. The number of amides is 2. The maximum atomic E-state index is 13.4. The molecule has 0 saturated heterocycles. The number of nitrogens with one attached hydrogen (secondary N) is 1. The summed E-state index contributed by atoms with van der Waals surface area (Å²) >= 11 is 6.16. The fourth-order valence-electron chi connectivity index (χ4n) is 4.71. The molecule has 0 unspecified atom stereocenters. The second-order valence-corrected chi connectivity index (χ2v) is 12.1. The van der Waals surface area contributed by atoms with Crippen molar-refractivity contribution in [2.24, 2.45) is 0 Å². The molecule has 2 aromatic carbocycles. The third kappa shape index (κ3) is 8.47. The molecule has 9 heteroatoms. The number of benzene rings is 2. The standard InChI is InChI=1S/C28H38ClN3O4S/c1-4-22-14-16-26(17-15-22)32(37(3,35)36)18-8-13-27(33)31(20-23-9-7-10-24(29)19-23)21(2)28(34)30-25-11-5-6-12-25/h7,9-10,14-17,19,21,25H,4-6,8,11-13,18,20H2,1-3H3,(H,30,34)/t21-/m0/s1. The second kappa shape index (κ2) is 13.3. The van der Waals surface area contributed by atoms with Crippen LogP contribution in [0.15, 0.2) is 48.5 Å². The summed E-state index contributed by atoms with van der Waals surface area (Å²) in [5.41, 5.74) is 2.52.